The third-order valence-electron chi connectivity index (χ3n) is 2.58. The second-order valence-electron chi connectivity index (χ2n) is 4.18. The Labute approximate surface area is 121 Å². The number of halogens is 1. The summed E-state index contributed by atoms with van der Waals surface area (Å²) in [5, 5.41) is 2.84. The largest absolute Gasteiger partial charge is 0.348 e. The molecule has 98 valence electrons. The van der Waals surface area contributed by atoms with Crippen LogP contribution in [-0.4, -0.2) is 5.91 Å². The number of amides is 1. The molecule has 1 N–H and O–H groups in total. The molecular formula is C15H14ClNOS. The molecule has 0 spiro atoms. The number of rotatable bonds is 4. The van der Waals surface area contributed by atoms with Gasteiger partial charge in [0.15, 0.2) is 0 Å². The molecule has 2 rings (SSSR count). The van der Waals surface area contributed by atoms with Gasteiger partial charge < -0.3 is 5.32 Å². The summed E-state index contributed by atoms with van der Waals surface area (Å²) in [7, 11) is 0. The maximum absolute atomic E-state index is 11.6. The Morgan fingerprint density at radius 1 is 1.26 bits per heavy atom. The summed E-state index contributed by atoms with van der Waals surface area (Å²) in [6.45, 7) is 2.58. The zero-order valence-corrected chi connectivity index (χ0v) is 12.1. The van der Waals surface area contributed by atoms with E-state index >= 15 is 0 Å². The molecule has 19 heavy (non-hydrogen) atoms. The first-order valence-corrected chi connectivity index (χ1v) is 7.10. The molecule has 0 unspecified atom stereocenters. The van der Waals surface area contributed by atoms with Crippen molar-refractivity contribution in [2.75, 3.05) is 0 Å². The average molecular weight is 292 g/mol. The number of aryl methyl sites for hydroxylation is 1. The smallest absolute Gasteiger partial charge is 0.244 e. The van der Waals surface area contributed by atoms with Gasteiger partial charge in [-0.15, -0.1) is 11.3 Å². The molecule has 1 aromatic heterocycles. The van der Waals surface area contributed by atoms with Crippen LogP contribution >= 0.6 is 22.9 Å². The molecule has 0 aliphatic heterocycles. The van der Waals surface area contributed by atoms with Crippen molar-refractivity contribution in [1.29, 1.82) is 0 Å². The van der Waals surface area contributed by atoms with Crippen LogP contribution in [0, 0.1) is 6.92 Å². The van der Waals surface area contributed by atoms with E-state index < -0.39 is 0 Å². The lowest BCUT2D eigenvalue weighted by molar-refractivity contribution is -0.116. The monoisotopic (exact) mass is 291 g/mol. The maximum Gasteiger partial charge on any atom is 0.244 e. The quantitative estimate of drug-likeness (QED) is 0.846. The van der Waals surface area contributed by atoms with Crippen LogP contribution in [0.5, 0.6) is 0 Å². The molecule has 2 aromatic rings. The molecule has 4 heteroatoms. The van der Waals surface area contributed by atoms with Gasteiger partial charge in [-0.2, -0.15) is 0 Å². The third-order valence-corrected chi connectivity index (χ3v) is 3.78. The second-order valence-corrected chi connectivity index (χ2v) is 5.93. The van der Waals surface area contributed by atoms with Crippen LogP contribution in [0.2, 0.25) is 4.34 Å². The van der Waals surface area contributed by atoms with Crippen molar-refractivity contribution in [3.63, 3.8) is 0 Å². The topological polar surface area (TPSA) is 29.1 Å². The first-order chi connectivity index (χ1) is 9.13. The van der Waals surface area contributed by atoms with Crippen molar-refractivity contribution in [2.24, 2.45) is 0 Å². The minimum atomic E-state index is -0.106. The molecule has 0 bridgehead atoms. The Morgan fingerprint density at radius 3 is 2.63 bits per heavy atom. The van der Waals surface area contributed by atoms with E-state index in [0.29, 0.717) is 6.54 Å². The van der Waals surface area contributed by atoms with Gasteiger partial charge in [-0.05, 0) is 30.7 Å². The molecule has 2 nitrogen and oxygen atoms in total. The molecule has 0 aliphatic carbocycles. The van der Waals surface area contributed by atoms with Crippen molar-refractivity contribution in [3.8, 4) is 0 Å². The number of carbonyl (C=O) groups excluding carboxylic acids is 1. The lowest BCUT2D eigenvalue weighted by Gasteiger charge is -2.02. The molecule has 1 heterocycles. The summed E-state index contributed by atoms with van der Waals surface area (Å²) < 4.78 is 0.722. The Hall–Kier alpha value is -1.58. The first kappa shape index (κ1) is 13.8. The van der Waals surface area contributed by atoms with Gasteiger partial charge in [0.1, 0.15) is 0 Å². The van der Waals surface area contributed by atoms with Crippen LogP contribution in [0.25, 0.3) is 6.08 Å². The summed E-state index contributed by atoms with van der Waals surface area (Å²) in [5.41, 5.74) is 2.30. The van der Waals surface area contributed by atoms with E-state index in [1.807, 2.05) is 43.3 Å². The lowest BCUT2D eigenvalue weighted by Crippen LogP contribution is -2.20. The molecule has 0 aliphatic rings. The Kier molecular flexibility index (Phi) is 4.77. The molecule has 0 fully saturated rings. The van der Waals surface area contributed by atoms with Crippen LogP contribution in [0.4, 0.5) is 0 Å². The summed E-state index contributed by atoms with van der Waals surface area (Å²) in [6.07, 6.45) is 3.29. The van der Waals surface area contributed by atoms with Gasteiger partial charge in [0.2, 0.25) is 5.91 Å². The number of nitrogens with one attached hydrogen (secondary N) is 1. The van der Waals surface area contributed by atoms with Crippen molar-refractivity contribution in [3.05, 3.63) is 62.8 Å². The zero-order chi connectivity index (χ0) is 13.7. The van der Waals surface area contributed by atoms with Crippen LogP contribution in [0.1, 0.15) is 16.0 Å². The minimum absolute atomic E-state index is 0.106. The van der Waals surface area contributed by atoms with E-state index in [-0.39, 0.29) is 5.91 Å². The summed E-state index contributed by atoms with van der Waals surface area (Å²) in [5.74, 6) is -0.106. The fourth-order valence-corrected chi connectivity index (χ4v) is 2.49. The van der Waals surface area contributed by atoms with Gasteiger partial charge in [0, 0.05) is 17.5 Å². The molecule has 0 saturated heterocycles. The normalized spacial score (nSPS) is 10.8. The third kappa shape index (κ3) is 4.54. The van der Waals surface area contributed by atoms with Crippen LogP contribution < -0.4 is 5.32 Å². The minimum Gasteiger partial charge on any atom is -0.348 e. The van der Waals surface area contributed by atoms with Gasteiger partial charge in [-0.25, -0.2) is 0 Å². The number of benzene rings is 1. The molecule has 0 saturated carbocycles. The van der Waals surface area contributed by atoms with E-state index in [1.54, 1.807) is 6.08 Å². The predicted molar refractivity (Wildman–Crippen MR) is 81.4 cm³/mol. The highest BCUT2D eigenvalue weighted by molar-refractivity contribution is 7.17. The van der Waals surface area contributed by atoms with E-state index in [4.69, 9.17) is 11.6 Å². The van der Waals surface area contributed by atoms with Crippen molar-refractivity contribution in [1.82, 2.24) is 5.32 Å². The van der Waals surface area contributed by atoms with Crippen LogP contribution in [0.3, 0.4) is 0 Å². The molecule has 1 aromatic carbocycles. The highest BCUT2D eigenvalue weighted by Gasteiger charge is 1.98. The van der Waals surface area contributed by atoms with Crippen molar-refractivity contribution >= 4 is 34.9 Å². The second kappa shape index (κ2) is 6.55. The van der Waals surface area contributed by atoms with Crippen molar-refractivity contribution < 1.29 is 4.79 Å². The lowest BCUT2D eigenvalue weighted by atomic mass is 10.1. The predicted octanol–water partition coefficient (Wildman–Crippen LogP) is 4.04. The SMILES string of the molecule is Cc1ccc(CNC(=O)/C=C/c2ccc(Cl)s2)cc1. The molecule has 1 amide bonds. The zero-order valence-electron chi connectivity index (χ0n) is 10.5. The Bertz CT molecular complexity index is 586. The number of hydrogen-bond acceptors (Lipinski definition) is 2. The van der Waals surface area contributed by atoms with Crippen molar-refractivity contribution in [2.45, 2.75) is 13.5 Å². The van der Waals surface area contributed by atoms with E-state index in [0.717, 1.165) is 14.8 Å². The van der Waals surface area contributed by atoms with Gasteiger partial charge in [-0.3, -0.25) is 4.79 Å². The average Bonchev–Trinajstić information content (AvgIpc) is 2.81. The van der Waals surface area contributed by atoms with Gasteiger partial charge in [-0.1, -0.05) is 41.4 Å². The standard InChI is InChI=1S/C15H14ClNOS/c1-11-2-4-12(5-3-11)10-17-15(18)9-7-13-6-8-14(16)19-13/h2-9H,10H2,1H3,(H,17,18)/b9-7+. The highest BCUT2D eigenvalue weighted by Crippen LogP contribution is 2.22. The number of hydrogen-bond donors (Lipinski definition) is 1. The fourth-order valence-electron chi connectivity index (χ4n) is 1.53. The van der Waals surface area contributed by atoms with Crippen LogP contribution in [0.15, 0.2) is 42.5 Å². The molecular weight excluding hydrogens is 278 g/mol. The summed E-state index contributed by atoms with van der Waals surface area (Å²) in [4.78, 5) is 12.6. The van der Waals surface area contributed by atoms with E-state index in [2.05, 4.69) is 5.32 Å². The van der Waals surface area contributed by atoms with Gasteiger partial charge in [0.25, 0.3) is 0 Å². The van der Waals surface area contributed by atoms with E-state index in [1.165, 1.54) is 23.0 Å². The summed E-state index contributed by atoms with van der Waals surface area (Å²) >= 11 is 7.26. The maximum atomic E-state index is 11.6. The summed E-state index contributed by atoms with van der Waals surface area (Å²) in [6, 6.07) is 11.8. The first-order valence-electron chi connectivity index (χ1n) is 5.90. The van der Waals surface area contributed by atoms with Crippen LogP contribution in [-0.2, 0) is 11.3 Å². The Morgan fingerprint density at radius 2 is 2.00 bits per heavy atom. The molecule has 0 atom stereocenters. The van der Waals surface area contributed by atoms with Gasteiger partial charge >= 0.3 is 0 Å². The Balaban J connectivity index is 1.84. The molecule has 0 radical (unpaired) electrons. The van der Waals surface area contributed by atoms with E-state index in [9.17, 15) is 4.79 Å². The van der Waals surface area contributed by atoms with Gasteiger partial charge in [0.05, 0.1) is 4.34 Å². The highest BCUT2D eigenvalue weighted by atomic mass is 35.5. The number of thiophene rings is 1. The fraction of sp³-hybridized carbons (Fsp3) is 0.133. The number of carbonyl (C=O) groups is 1.